The van der Waals surface area contributed by atoms with Crippen molar-refractivity contribution in [2.75, 3.05) is 5.75 Å². The summed E-state index contributed by atoms with van der Waals surface area (Å²) in [5.74, 6) is 1.19. The monoisotopic (exact) mass is 268 g/mol. The number of nitrogens with zero attached hydrogens (tertiary/aromatic N) is 1. The van der Waals surface area contributed by atoms with E-state index in [1.54, 1.807) is 11.3 Å². The van der Waals surface area contributed by atoms with E-state index < -0.39 is 0 Å². The molecule has 2 rings (SSSR count). The molecule has 0 saturated carbocycles. The molecule has 4 heteroatoms. The number of fused-ring (bicyclic) bond motifs is 1. The SMILES string of the molecule is CCCCCCCCSc1nc2cscc2[nH]1. The molecule has 2 nitrogen and oxygen atoms in total. The number of rotatable bonds is 8. The van der Waals surface area contributed by atoms with Crippen LogP contribution >= 0.6 is 23.1 Å². The molecule has 0 atom stereocenters. The van der Waals surface area contributed by atoms with Crippen LogP contribution in [0.4, 0.5) is 0 Å². The standard InChI is InChI=1S/C13H20N2S2/c1-2-3-4-5-6-7-8-17-13-14-11-9-16-10-12(11)15-13/h9-10H,2-8H2,1H3,(H,14,15). The molecule has 17 heavy (non-hydrogen) atoms. The van der Waals surface area contributed by atoms with Crippen LogP contribution < -0.4 is 0 Å². The van der Waals surface area contributed by atoms with Gasteiger partial charge in [-0.1, -0.05) is 50.8 Å². The predicted octanol–water partition coefficient (Wildman–Crippen LogP) is 5.08. The highest BCUT2D eigenvalue weighted by Crippen LogP contribution is 2.23. The molecular formula is C13H20N2S2. The molecule has 94 valence electrons. The summed E-state index contributed by atoms with van der Waals surface area (Å²) in [6.45, 7) is 2.26. The summed E-state index contributed by atoms with van der Waals surface area (Å²) in [4.78, 5) is 7.89. The fourth-order valence-corrected chi connectivity index (χ4v) is 3.42. The van der Waals surface area contributed by atoms with Crippen molar-refractivity contribution in [2.24, 2.45) is 0 Å². The third-order valence-corrected chi connectivity index (χ3v) is 4.53. The maximum Gasteiger partial charge on any atom is 0.166 e. The summed E-state index contributed by atoms with van der Waals surface area (Å²) in [5.41, 5.74) is 2.29. The molecule has 0 spiro atoms. The van der Waals surface area contributed by atoms with Gasteiger partial charge in [-0.25, -0.2) is 4.98 Å². The molecule has 0 aliphatic carbocycles. The number of unbranched alkanes of at least 4 members (excludes halogenated alkanes) is 5. The van der Waals surface area contributed by atoms with E-state index in [2.05, 4.69) is 27.7 Å². The molecule has 2 aromatic heterocycles. The average Bonchev–Trinajstić information content (AvgIpc) is 2.88. The average molecular weight is 268 g/mol. The summed E-state index contributed by atoms with van der Waals surface area (Å²) in [6, 6.07) is 0. The lowest BCUT2D eigenvalue weighted by molar-refractivity contribution is 0.627. The van der Waals surface area contributed by atoms with Gasteiger partial charge >= 0.3 is 0 Å². The Labute approximate surface area is 111 Å². The second kappa shape index (κ2) is 7.07. The van der Waals surface area contributed by atoms with E-state index in [0.29, 0.717) is 0 Å². The first-order chi connectivity index (χ1) is 8.40. The Morgan fingerprint density at radius 3 is 2.82 bits per heavy atom. The largest absolute Gasteiger partial charge is 0.332 e. The highest BCUT2D eigenvalue weighted by Gasteiger charge is 2.03. The first-order valence-electron chi connectivity index (χ1n) is 6.45. The second-order valence-electron chi connectivity index (χ2n) is 4.33. The minimum atomic E-state index is 1.08. The van der Waals surface area contributed by atoms with Gasteiger partial charge in [0, 0.05) is 16.5 Å². The molecule has 2 heterocycles. The number of imidazole rings is 1. The van der Waals surface area contributed by atoms with Crippen molar-refractivity contribution in [3.05, 3.63) is 10.8 Å². The minimum Gasteiger partial charge on any atom is -0.332 e. The molecule has 0 aliphatic heterocycles. The molecule has 1 N–H and O–H groups in total. The van der Waals surface area contributed by atoms with Gasteiger partial charge in [-0.15, -0.1) is 11.3 Å². The molecule has 2 aromatic rings. The van der Waals surface area contributed by atoms with E-state index in [4.69, 9.17) is 0 Å². The van der Waals surface area contributed by atoms with E-state index in [1.165, 1.54) is 49.8 Å². The topological polar surface area (TPSA) is 28.7 Å². The second-order valence-corrected chi connectivity index (χ2v) is 6.16. The summed E-state index contributed by atoms with van der Waals surface area (Å²) in [5, 5.41) is 5.30. The summed E-state index contributed by atoms with van der Waals surface area (Å²) >= 11 is 3.56. The number of H-pyrrole nitrogens is 1. The summed E-state index contributed by atoms with van der Waals surface area (Å²) < 4.78 is 0. The molecule has 0 amide bonds. The smallest absolute Gasteiger partial charge is 0.166 e. The third-order valence-electron chi connectivity index (χ3n) is 2.84. The number of hydrogen-bond acceptors (Lipinski definition) is 3. The Morgan fingerprint density at radius 1 is 1.18 bits per heavy atom. The van der Waals surface area contributed by atoms with Crippen LogP contribution in [0.1, 0.15) is 45.4 Å². The van der Waals surface area contributed by atoms with E-state index >= 15 is 0 Å². The maximum atomic E-state index is 4.54. The van der Waals surface area contributed by atoms with Gasteiger partial charge in [0.2, 0.25) is 0 Å². The van der Waals surface area contributed by atoms with Gasteiger partial charge in [0.25, 0.3) is 0 Å². The van der Waals surface area contributed by atoms with Crippen molar-refractivity contribution < 1.29 is 0 Å². The maximum absolute atomic E-state index is 4.54. The molecule has 0 saturated heterocycles. The van der Waals surface area contributed by atoms with Crippen LogP contribution in [0.2, 0.25) is 0 Å². The number of aromatic amines is 1. The van der Waals surface area contributed by atoms with Crippen molar-refractivity contribution >= 4 is 34.1 Å². The van der Waals surface area contributed by atoms with Gasteiger partial charge in [0.05, 0.1) is 5.52 Å². The van der Waals surface area contributed by atoms with Crippen LogP contribution in [-0.2, 0) is 0 Å². The molecule has 0 fully saturated rings. The van der Waals surface area contributed by atoms with E-state index in [9.17, 15) is 0 Å². The van der Waals surface area contributed by atoms with Gasteiger partial charge in [0.1, 0.15) is 5.52 Å². The van der Waals surface area contributed by atoms with Crippen molar-refractivity contribution in [2.45, 2.75) is 50.6 Å². The van der Waals surface area contributed by atoms with Crippen LogP contribution in [0.15, 0.2) is 15.9 Å². The van der Waals surface area contributed by atoms with E-state index in [0.717, 1.165) is 10.7 Å². The molecule has 0 radical (unpaired) electrons. The summed E-state index contributed by atoms with van der Waals surface area (Å²) in [6.07, 6.45) is 8.18. The lowest BCUT2D eigenvalue weighted by Gasteiger charge is -1.99. The zero-order chi connectivity index (χ0) is 11.9. The Bertz CT molecular complexity index is 405. The Balaban J connectivity index is 1.60. The Morgan fingerprint density at radius 2 is 2.00 bits per heavy atom. The van der Waals surface area contributed by atoms with Gasteiger partial charge < -0.3 is 4.98 Å². The molecule has 0 unspecified atom stereocenters. The highest BCUT2D eigenvalue weighted by molar-refractivity contribution is 7.99. The first kappa shape index (κ1) is 13.0. The lowest BCUT2D eigenvalue weighted by atomic mass is 10.1. The van der Waals surface area contributed by atoms with Crippen molar-refractivity contribution in [1.82, 2.24) is 9.97 Å². The number of thiophene rings is 1. The molecule has 0 aromatic carbocycles. The number of thioether (sulfide) groups is 1. The van der Waals surface area contributed by atoms with Crippen LogP contribution in [0.5, 0.6) is 0 Å². The third kappa shape index (κ3) is 4.03. The Kier molecular flexibility index (Phi) is 5.39. The number of hydrogen-bond donors (Lipinski definition) is 1. The quantitative estimate of drug-likeness (QED) is 0.534. The van der Waals surface area contributed by atoms with Crippen LogP contribution in [0.25, 0.3) is 11.0 Å². The molecule has 0 aliphatic rings. The number of aromatic nitrogens is 2. The zero-order valence-electron chi connectivity index (χ0n) is 10.4. The van der Waals surface area contributed by atoms with Gasteiger partial charge in [-0.2, -0.15) is 0 Å². The van der Waals surface area contributed by atoms with Crippen LogP contribution in [0, 0.1) is 0 Å². The van der Waals surface area contributed by atoms with Gasteiger partial charge in [-0.05, 0) is 6.42 Å². The van der Waals surface area contributed by atoms with E-state index in [1.807, 2.05) is 11.8 Å². The predicted molar refractivity (Wildman–Crippen MR) is 78.1 cm³/mol. The van der Waals surface area contributed by atoms with Crippen molar-refractivity contribution in [1.29, 1.82) is 0 Å². The fraction of sp³-hybridized carbons (Fsp3) is 0.615. The van der Waals surface area contributed by atoms with Crippen LogP contribution in [-0.4, -0.2) is 15.7 Å². The van der Waals surface area contributed by atoms with Gasteiger partial charge in [-0.3, -0.25) is 0 Å². The van der Waals surface area contributed by atoms with Crippen molar-refractivity contribution in [3.63, 3.8) is 0 Å². The lowest BCUT2D eigenvalue weighted by Crippen LogP contribution is -1.83. The molecular weight excluding hydrogens is 248 g/mol. The summed E-state index contributed by atoms with van der Waals surface area (Å²) in [7, 11) is 0. The van der Waals surface area contributed by atoms with Gasteiger partial charge in [0.15, 0.2) is 5.16 Å². The minimum absolute atomic E-state index is 1.08. The number of nitrogens with one attached hydrogen (secondary N) is 1. The first-order valence-corrected chi connectivity index (χ1v) is 8.37. The van der Waals surface area contributed by atoms with Crippen LogP contribution in [0.3, 0.4) is 0 Å². The Hall–Kier alpha value is -0.480. The molecule has 0 bridgehead atoms. The van der Waals surface area contributed by atoms with Crippen molar-refractivity contribution in [3.8, 4) is 0 Å². The highest BCUT2D eigenvalue weighted by atomic mass is 32.2. The fourth-order valence-electron chi connectivity index (χ4n) is 1.84. The normalized spacial score (nSPS) is 11.4. The zero-order valence-corrected chi connectivity index (χ0v) is 12.0. The van der Waals surface area contributed by atoms with E-state index in [-0.39, 0.29) is 0 Å².